The summed E-state index contributed by atoms with van der Waals surface area (Å²) in [5.74, 6) is 0.365. The van der Waals surface area contributed by atoms with Crippen molar-refractivity contribution in [2.24, 2.45) is 5.73 Å². The van der Waals surface area contributed by atoms with E-state index in [-0.39, 0.29) is 5.91 Å². The number of nitrogens with zero attached hydrogens (tertiary/aromatic N) is 2. The second-order valence-electron chi connectivity index (χ2n) is 4.10. The van der Waals surface area contributed by atoms with Gasteiger partial charge in [0, 0.05) is 24.5 Å². The number of fused-ring (bicyclic) bond motifs is 1. The molecule has 0 radical (unpaired) electrons. The summed E-state index contributed by atoms with van der Waals surface area (Å²) >= 11 is 0. The maximum Gasteiger partial charge on any atom is 0.223 e. The summed E-state index contributed by atoms with van der Waals surface area (Å²) in [6, 6.07) is 7.84. The molecule has 0 unspecified atom stereocenters. The number of para-hydroxylation sites is 1. The van der Waals surface area contributed by atoms with Crippen molar-refractivity contribution in [3.63, 3.8) is 0 Å². The summed E-state index contributed by atoms with van der Waals surface area (Å²) in [6.07, 6.45) is 3.89. The van der Waals surface area contributed by atoms with E-state index >= 15 is 0 Å². The van der Waals surface area contributed by atoms with E-state index in [0.717, 1.165) is 30.3 Å². The summed E-state index contributed by atoms with van der Waals surface area (Å²) in [5, 5.41) is 4.16. The molecule has 0 atom stereocenters. The summed E-state index contributed by atoms with van der Waals surface area (Å²) in [7, 11) is 0. The zero-order valence-electron chi connectivity index (χ0n) is 10.1. The molecule has 94 valence electrons. The van der Waals surface area contributed by atoms with Crippen LogP contribution in [0.1, 0.15) is 19.3 Å². The first-order chi connectivity index (χ1) is 8.75. The minimum atomic E-state index is -0.253. The first kappa shape index (κ1) is 12.3. The number of anilines is 1. The predicted molar refractivity (Wildman–Crippen MR) is 71.1 cm³/mol. The Labute approximate surface area is 105 Å². The van der Waals surface area contributed by atoms with Crippen molar-refractivity contribution in [2.45, 2.75) is 19.3 Å². The van der Waals surface area contributed by atoms with Gasteiger partial charge >= 0.3 is 0 Å². The van der Waals surface area contributed by atoms with Gasteiger partial charge in [-0.05, 0) is 18.9 Å². The number of hydrogen-bond donors (Lipinski definition) is 2. The number of aromatic nitrogens is 2. The number of amides is 1. The monoisotopic (exact) mass is 244 g/mol. The number of carbonyl (C=O) groups excluding carboxylic acids is 1. The van der Waals surface area contributed by atoms with Gasteiger partial charge in [-0.15, -0.1) is 0 Å². The molecular formula is C13H16N4O. The van der Waals surface area contributed by atoms with Crippen molar-refractivity contribution in [1.29, 1.82) is 0 Å². The van der Waals surface area contributed by atoms with Gasteiger partial charge in [0.15, 0.2) is 0 Å². The van der Waals surface area contributed by atoms with E-state index in [0.29, 0.717) is 12.4 Å². The van der Waals surface area contributed by atoms with Crippen molar-refractivity contribution in [3.05, 3.63) is 30.5 Å². The number of primary amides is 1. The molecule has 2 aromatic rings. The minimum absolute atomic E-state index is 0.253. The van der Waals surface area contributed by atoms with E-state index in [9.17, 15) is 4.79 Å². The Hall–Kier alpha value is -2.17. The average Bonchev–Trinajstić information content (AvgIpc) is 2.38. The second-order valence-corrected chi connectivity index (χ2v) is 4.10. The van der Waals surface area contributed by atoms with Crippen LogP contribution in [0.5, 0.6) is 0 Å². The van der Waals surface area contributed by atoms with Gasteiger partial charge in [-0.2, -0.15) is 0 Å². The first-order valence-electron chi connectivity index (χ1n) is 5.99. The molecule has 1 heterocycles. The van der Waals surface area contributed by atoms with E-state index < -0.39 is 0 Å². The number of benzene rings is 1. The molecule has 0 saturated heterocycles. The highest BCUT2D eigenvalue weighted by atomic mass is 16.1. The summed E-state index contributed by atoms with van der Waals surface area (Å²) in [5.41, 5.74) is 5.99. The highest BCUT2D eigenvalue weighted by Gasteiger charge is 1.99. The van der Waals surface area contributed by atoms with Crippen LogP contribution < -0.4 is 11.1 Å². The summed E-state index contributed by atoms with van der Waals surface area (Å²) < 4.78 is 0. The van der Waals surface area contributed by atoms with Crippen molar-refractivity contribution < 1.29 is 4.79 Å². The fraction of sp³-hybridized carbons (Fsp3) is 0.308. The third-order valence-corrected chi connectivity index (χ3v) is 2.62. The smallest absolute Gasteiger partial charge is 0.223 e. The van der Waals surface area contributed by atoms with Crippen LogP contribution in [0.3, 0.4) is 0 Å². The fourth-order valence-corrected chi connectivity index (χ4v) is 1.68. The molecule has 0 saturated carbocycles. The first-order valence-corrected chi connectivity index (χ1v) is 5.99. The largest absolute Gasteiger partial charge is 0.370 e. The fourth-order valence-electron chi connectivity index (χ4n) is 1.68. The van der Waals surface area contributed by atoms with Gasteiger partial charge in [0.2, 0.25) is 11.9 Å². The van der Waals surface area contributed by atoms with E-state index in [4.69, 9.17) is 5.73 Å². The SMILES string of the molecule is NC(=O)CCCCNc1ncc2ccccc2n1. The molecule has 3 N–H and O–H groups in total. The predicted octanol–water partition coefficient (Wildman–Crippen LogP) is 1.70. The van der Waals surface area contributed by atoms with Crippen LogP contribution in [0.2, 0.25) is 0 Å². The molecule has 5 nitrogen and oxygen atoms in total. The maximum absolute atomic E-state index is 10.6. The third-order valence-electron chi connectivity index (χ3n) is 2.62. The molecule has 0 aliphatic carbocycles. The number of rotatable bonds is 6. The lowest BCUT2D eigenvalue weighted by atomic mass is 10.2. The van der Waals surface area contributed by atoms with Crippen molar-refractivity contribution in [3.8, 4) is 0 Å². The van der Waals surface area contributed by atoms with Gasteiger partial charge in [0.05, 0.1) is 5.52 Å². The zero-order valence-corrected chi connectivity index (χ0v) is 10.1. The number of unbranched alkanes of at least 4 members (excludes halogenated alkanes) is 1. The maximum atomic E-state index is 10.6. The summed E-state index contributed by atoms with van der Waals surface area (Å²) in [6.45, 7) is 0.742. The van der Waals surface area contributed by atoms with Crippen LogP contribution in [0.15, 0.2) is 30.5 Å². The lowest BCUT2D eigenvalue weighted by Crippen LogP contribution is -2.11. The van der Waals surface area contributed by atoms with Gasteiger partial charge < -0.3 is 11.1 Å². The van der Waals surface area contributed by atoms with Gasteiger partial charge in [0.25, 0.3) is 0 Å². The molecule has 1 amide bonds. The standard InChI is InChI=1S/C13H16N4O/c14-12(18)7-3-4-8-15-13-16-9-10-5-1-2-6-11(10)17-13/h1-2,5-6,9H,3-4,7-8H2,(H2,14,18)(H,15,16,17). The molecule has 0 aliphatic rings. The Morgan fingerprint density at radius 1 is 1.28 bits per heavy atom. The molecule has 0 bridgehead atoms. The van der Waals surface area contributed by atoms with Crippen LogP contribution in [0.25, 0.3) is 10.9 Å². The van der Waals surface area contributed by atoms with Crippen LogP contribution in [0, 0.1) is 0 Å². The Morgan fingerprint density at radius 2 is 2.11 bits per heavy atom. The third kappa shape index (κ3) is 3.41. The lowest BCUT2D eigenvalue weighted by molar-refractivity contribution is -0.118. The quantitative estimate of drug-likeness (QED) is 0.758. The number of carbonyl (C=O) groups is 1. The Balaban J connectivity index is 1.86. The van der Waals surface area contributed by atoms with Crippen LogP contribution in [0.4, 0.5) is 5.95 Å². The van der Waals surface area contributed by atoms with Crippen LogP contribution in [-0.4, -0.2) is 22.4 Å². The minimum Gasteiger partial charge on any atom is -0.370 e. The van der Waals surface area contributed by atoms with E-state index in [1.807, 2.05) is 24.3 Å². The van der Waals surface area contributed by atoms with Gasteiger partial charge in [-0.1, -0.05) is 18.2 Å². The molecular weight excluding hydrogens is 228 g/mol. The molecule has 0 aliphatic heterocycles. The van der Waals surface area contributed by atoms with Crippen LogP contribution >= 0.6 is 0 Å². The average molecular weight is 244 g/mol. The van der Waals surface area contributed by atoms with E-state index in [1.165, 1.54) is 0 Å². The highest BCUT2D eigenvalue weighted by molar-refractivity contribution is 5.78. The van der Waals surface area contributed by atoms with Crippen molar-refractivity contribution in [2.75, 3.05) is 11.9 Å². The molecule has 18 heavy (non-hydrogen) atoms. The highest BCUT2D eigenvalue weighted by Crippen LogP contribution is 2.11. The molecule has 0 fully saturated rings. The van der Waals surface area contributed by atoms with E-state index in [1.54, 1.807) is 6.20 Å². The van der Waals surface area contributed by atoms with Crippen molar-refractivity contribution >= 4 is 22.8 Å². The molecule has 0 spiro atoms. The van der Waals surface area contributed by atoms with Gasteiger partial charge in [-0.3, -0.25) is 4.79 Å². The van der Waals surface area contributed by atoms with Crippen molar-refractivity contribution in [1.82, 2.24) is 9.97 Å². The number of hydrogen-bond acceptors (Lipinski definition) is 4. The Morgan fingerprint density at radius 3 is 2.94 bits per heavy atom. The molecule has 1 aromatic heterocycles. The van der Waals surface area contributed by atoms with Crippen LogP contribution in [-0.2, 0) is 4.79 Å². The second kappa shape index (κ2) is 5.95. The molecule has 2 rings (SSSR count). The zero-order chi connectivity index (χ0) is 12.8. The number of nitrogens with two attached hydrogens (primary N) is 1. The van der Waals surface area contributed by atoms with Gasteiger partial charge in [-0.25, -0.2) is 9.97 Å². The Bertz CT molecular complexity index is 541. The van der Waals surface area contributed by atoms with Gasteiger partial charge in [0.1, 0.15) is 0 Å². The van der Waals surface area contributed by atoms with E-state index in [2.05, 4.69) is 15.3 Å². The number of nitrogens with one attached hydrogen (secondary N) is 1. The lowest BCUT2D eigenvalue weighted by Gasteiger charge is -2.04. The Kier molecular flexibility index (Phi) is 4.06. The molecule has 1 aromatic carbocycles. The topological polar surface area (TPSA) is 80.9 Å². The normalized spacial score (nSPS) is 10.4. The molecule has 5 heteroatoms. The summed E-state index contributed by atoms with van der Waals surface area (Å²) in [4.78, 5) is 19.2.